The van der Waals surface area contributed by atoms with E-state index in [0.29, 0.717) is 5.56 Å². The molecule has 1 N–H and O–H groups in total. The first kappa shape index (κ1) is 14.8. The Balaban J connectivity index is 2.35. The van der Waals surface area contributed by atoms with Gasteiger partial charge in [0.1, 0.15) is 0 Å². The number of ether oxygens (including phenoxy) is 1. The van der Waals surface area contributed by atoms with Crippen LogP contribution in [-0.4, -0.2) is 24.0 Å². The van der Waals surface area contributed by atoms with Crippen LogP contribution in [0.15, 0.2) is 54.6 Å². The van der Waals surface area contributed by atoms with Gasteiger partial charge < -0.3 is 9.84 Å². The van der Waals surface area contributed by atoms with Crippen molar-refractivity contribution in [3.05, 3.63) is 71.3 Å². The van der Waals surface area contributed by atoms with E-state index in [9.17, 15) is 14.7 Å². The summed E-state index contributed by atoms with van der Waals surface area (Å²) < 4.78 is 4.73. The van der Waals surface area contributed by atoms with Gasteiger partial charge in [0.05, 0.1) is 7.11 Å². The largest absolute Gasteiger partial charge is 0.467 e. The zero-order chi connectivity index (χ0) is 16.0. The van der Waals surface area contributed by atoms with Crippen molar-refractivity contribution in [1.29, 1.82) is 0 Å². The lowest BCUT2D eigenvalue weighted by atomic mass is 9.81. The van der Waals surface area contributed by atoms with E-state index in [1.165, 1.54) is 6.07 Å². The third-order valence-corrected chi connectivity index (χ3v) is 4.69. The third-order valence-electron chi connectivity index (χ3n) is 4.03. The second kappa shape index (κ2) is 4.93. The quantitative estimate of drug-likeness (QED) is 0.682. The van der Waals surface area contributed by atoms with Gasteiger partial charge >= 0.3 is 5.97 Å². The molecule has 0 heterocycles. The van der Waals surface area contributed by atoms with Crippen molar-refractivity contribution in [2.45, 2.75) is 10.5 Å². The van der Waals surface area contributed by atoms with E-state index in [1.807, 2.05) is 0 Å². The van der Waals surface area contributed by atoms with Gasteiger partial charge in [-0.15, -0.1) is 11.6 Å². The maximum atomic E-state index is 12.9. The molecule has 0 fully saturated rings. The number of fused-ring (bicyclic) bond motifs is 1. The summed E-state index contributed by atoms with van der Waals surface area (Å²) in [5, 5.41) is 11.1. The number of benzene rings is 2. The zero-order valence-electron chi connectivity index (χ0n) is 11.7. The molecule has 3 rings (SSSR count). The first-order chi connectivity index (χ1) is 10.5. The second-order valence-electron chi connectivity index (χ2n) is 5.10. The van der Waals surface area contributed by atoms with Gasteiger partial charge in [0.2, 0.25) is 5.60 Å². The highest BCUT2D eigenvalue weighted by Gasteiger charge is 2.68. The number of hydrogen-bond acceptors (Lipinski definition) is 4. The Hall–Kier alpha value is -2.17. The highest BCUT2D eigenvalue weighted by atomic mass is 35.5. The standard InChI is InChI=1S/C17H13ClO4/c1-22-15(20)17(21)13-10-6-5-9-12(13)14(19)16(17,18)11-7-3-2-4-8-11/h2-10,21H,1H3. The Morgan fingerprint density at radius 3 is 2.32 bits per heavy atom. The number of aliphatic hydroxyl groups is 1. The van der Waals surface area contributed by atoms with Crippen LogP contribution in [0.25, 0.3) is 0 Å². The lowest BCUT2D eigenvalue weighted by Crippen LogP contribution is -2.51. The monoisotopic (exact) mass is 316 g/mol. The number of carbonyl (C=O) groups excluding carboxylic acids is 2. The predicted molar refractivity (Wildman–Crippen MR) is 80.7 cm³/mol. The molecule has 5 heteroatoms. The van der Waals surface area contributed by atoms with Crippen molar-refractivity contribution in [2.75, 3.05) is 7.11 Å². The van der Waals surface area contributed by atoms with Crippen LogP contribution >= 0.6 is 11.6 Å². The summed E-state index contributed by atoms with van der Waals surface area (Å²) in [6.45, 7) is 0. The minimum Gasteiger partial charge on any atom is -0.467 e. The molecule has 0 amide bonds. The number of ketones is 1. The van der Waals surface area contributed by atoms with Crippen molar-refractivity contribution < 1.29 is 19.4 Å². The molecule has 1 aliphatic rings. The summed E-state index contributed by atoms with van der Waals surface area (Å²) in [7, 11) is 1.15. The van der Waals surface area contributed by atoms with Gasteiger partial charge in [-0.25, -0.2) is 4.79 Å². The Labute approximate surface area is 132 Å². The van der Waals surface area contributed by atoms with Crippen LogP contribution in [0.2, 0.25) is 0 Å². The number of alkyl halides is 1. The Kier molecular flexibility index (Phi) is 3.31. The SMILES string of the molecule is COC(=O)C1(O)c2ccccc2C(=O)C1(Cl)c1ccccc1. The summed E-state index contributed by atoms with van der Waals surface area (Å²) >= 11 is 6.59. The average Bonchev–Trinajstić information content (AvgIpc) is 2.76. The number of rotatable bonds is 2. The number of hydrogen-bond donors (Lipinski definition) is 1. The maximum Gasteiger partial charge on any atom is 0.345 e. The third kappa shape index (κ3) is 1.62. The lowest BCUT2D eigenvalue weighted by molar-refractivity contribution is -0.166. The molecule has 4 nitrogen and oxygen atoms in total. The summed E-state index contributed by atoms with van der Waals surface area (Å²) in [5.74, 6) is -1.49. The van der Waals surface area contributed by atoms with E-state index in [1.54, 1.807) is 48.5 Å². The predicted octanol–water partition coefficient (Wildman–Crippen LogP) is 2.38. The molecule has 2 unspecified atom stereocenters. The fourth-order valence-electron chi connectivity index (χ4n) is 2.94. The van der Waals surface area contributed by atoms with Crippen molar-refractivity contribution in [2.24, 2.45) is 0 Å². The topological polar surface area (TPSA) is 63.6 Å². The Bertz CT molecular complexity index is 756. The van der Waals surface area contributed by atoms with Gasteiger partial charge in [-0.3, -0.25) is 4.79 Å². The number of Topliss-reactive ketones (excluding diaryl/α,β-unsaturated/α-hetero) is 1. The molecule has 0 saturated heterocycles. The molecule has 0 radical (unpaired) electrons. The maximum absolute atomic E-state index is 12.9. The summed E-state index contributed by atoms with van der Waals surface area (Å²) in [6, 6.07) is 14.7. The fraction of sp³-hybridized carbons (Fsp3) is 0.176. The Morgan fingerprint density at radius 1 is 1.09 bits per heavy atom. The summed E-state index contributed by atoms with van der Waals surface area (Å²) in [5.41, 5.74) is -1.57. The van der Waals surface area contributed by atoms with Crippen LogP contribution in [0, 0.1) is 0 Å². The molecule has 22 heavy (non-hydrogen) atoms. The van der Waals surface area contributed by atoms with Gasteiger partial charge in [0, 0.05) is 11.1 Å². The summed E-state index contributed by atoms with van der Waals surface area (Å²) in [6.07, 6.45) is 0. The van der Waals surface area contributed by atoms with E-state index in [4.69, 9.17) is 16.3 Å². The van der Waals surface area contributed by atoms with Crippen LogP contribution in [0.5, 0.6) is 0 Å². The molecular weight excluding hydrogens is 304 g/mol. The molecule has 2 atom stereocenters. The van der Waals surface area contributed by atoms with Crippen molar-refractivity contribution >= 4 is 23.4 Å². The minimum atomic E-state index is -2.28. The average molecular weight is 317 g/mol. The molecule has 2 aromatic carbocycles. The molecule has 2 aromatic rings. The number of halogens is 1. The van der Waals surface area contributed by atoms with Crippen LogP contribution < -0.4 is 0 Å². The molecular formula is C17H13ClO4. The van der Waals surface area contributed by atoms with Gasteiger partial charge in [0.25, 0.3) is 0 Å². The molecule has 0 spiro atoms. The zero-order valence-corrected chi connectivity index (χ0v) is 12.5. The normalized spacial score (nSPS) is 26.6. The van der Waals surface area contributed by atoms with E-state index in [0.717, 1.165) is 7.11 Å². The van der Waals surface area contributed by atoms with Gasteiger partial charge in [0.15, 0.2) is 10.7 Å². The van der Waals surface area contributed by atoms with Crippen molar-refractivity contribution in [3.63, 3.8) is 0 Å². The van der Waals surface area contributed by atoms with Gasteiger partial charge in [-0.1, -0.05) is 54.6 Å². The molecule has 112 valence electrons. The van der Waals surface area contributed by atoms with Crippen molar-refractivity contribution in [3.8, 4) is 0 Å². The van der Waals surface area contributed by atoms with Crippen LogP contribution in [0.3, 0.4) is 0 Å². The first-order valence-corrected chi connectivity index (χ1v) is 7.05. The van der Waals surface area contributed by atoms with Crippen LogP contribution in [0.1, 0.15) is 21.5 Å². The van der Waals surface area contributed by atoms with E-state index in [2.05, 4.69) is 0 Å². The second-order valence-corrected chi connectivity index (χ2v) is 5.67. The van der Waals surface area contributed by atoms with E-state index in [-0.39, 0.29) is 11.1 Å². The van der Waals surface area contributed by atoms with Crippen molar-refractivity contribution in [1.82, 2.24) is 0 Å². The molecule has 0 bridgehead atoms. The van der Waals surface area contributed by atoms with E-state index >= 15 is 0 Å². The van der Waals surface area contributed by atoms with Crippen LogP contribution in [-0.2, 0) is 20.0 Å². The molecule has 0 aliphatic heterocycles. The molecule has 1 aliphatic carbocycles. The minimum absolute atomic E-state index is 0.158. The number of carbonyl (C=O) groups is 2. The van der Waals surface area contributed by atoms with E-state index < -0.39 is 22.2 Å². The van der Waals surface area contributed by atoms with Crippen LogP contribution in [0.4, 0.5) is 0 Å². The fourth-order valence-corrected chi connectivity index (χ4v) is 3.34. The smallest absolute Gasteiger partial charge is 0.345 e. The highest BCUT2D eigenvalue weighted by molar-refractivity contribution is 6.42. The lowest BCUT2D eigenvalue weighted by Gasteiger charge is -2.34. The number of esters is 1. The first-order valence-electron chi connectivity index (χ1n) is 6.67. The molecule has 0 saturated carbocycles. The molecule has 0 aromatic heterocycles. The number of methoxy groups -OCH3 is 1. The van der Waals surface area contributed by atoms with Gasteiger partial charge in [-0.2, -0.15) is 0 Å². The van der Waals surface area contributed by atoms with Gasteiger partial charge in [-0.05, 0) is 5.56 Å². The Morgan fingerprint density at radius 2 is 1.68 bits per heavy atom. The highest BCUT2D eigenvalue weighted by Crippen LogP contribution is 2.54. The summed E-state index contributed by atoms with van der Waals surface area (Å²) in [4.78, 5) is 23.2.